The number of nitrogens with one attached hydrogen (secondary N) is 1. The standard InChI is InChI=1S/C16H27N3O/c1-13(9-17-10-16-6-4-8-20-16)19-12-15-5-3-7-18(15)11-14(19)2/h4,6,8,13-15,17H,3,5,7,9-12H2,1-2H3. The van der Waals surface area contributed by atoms with E-state index < -0.39 is 0 Å². The van der Waals surface area contributed by atoms with Crippen LogP contribution in [0.25, 0.3) is 0 Å². The van der Waals surface area contributed by atoms with E-state index in [9.17, 15) is 0 Å². The van der Waals surface area contributed by atoms with Crippen molar-refractivity contribution >= 4 is 0 Å². The summed E-state index contributed by atoms with van der Waals surface area (Å²) in [7, 11) is 0. The molecule has 3 atom stereocenters. The smallest absolute Gasteiger partial charge is 0.117 e. The van der Waals surface area contributed by atoms with Crippen molar-refractivity contribution in [1.29, 1.82) is 0 Å². The lowest BCUT2D eigenvalue weighted by Gasteiger charge is -2.45. The first-order chi connectivity index (χ1) is 9.74. The van der Waals surface area contributed by atoms with Crippen LogP contribution >= 0.6 is 0 Å². The summed E-state index contributed by atoms with van der Waals surface area (Å²) >= 11 is 0. The fraction of sp³-hybridized carbons (Fsp3) is 0.750. The highest BCUT2D eigenvalue weighted by Gasteiger charge is 2.35. The van der Waals surface area contributed by atoms with E-state index in [2.05, 4.69) is 29.0 Å². The molecule has 4 heteroatoms. The quantitative estimate of drug-likeness (QED) is 0.891. The Labute approximate surface area is 122 Å². The Bertz CT molecular complexity index is 406. The first kappa shape index (κ1) is 14.1. The molecule has 1 aromatic heterocycles. The largest absolute Gasteiger partial charge is 0.468 e. The third-order valence-corrected chi connectivity index (χ3v) is 4.87. The van der Waals surface area contributed by atoms with Gasteiger partial charge < -0.3 is 9.73 Å². The molecule has 3 heterocycles. The minimum atomic E-state index is 0.586. The van der Waals surface area contributed by atoms with Crippen molar-refractivity contribution < 1.29 is 4.42 Å². The molecule has 20 heavy (non-hydrogen) atoms. The van der Waals surface area contributed by atoms with Crippen LogP contribution in [0.3, 0.4) is 0 Å². The Morgan fingerprint density at radius 1 is 1.45 bits per heavy atom. The van der Waals surface area contributed by atoms with Gasteiger partial charge in [-0.05, 0) is 45.4 Å². The highest BCUT2D eigenvalue weighted by Crippen LogP contribution is 2.25. The SMILES string of the molecule is CC(CNCc1ccco1)N1CC2CCCN2CC1C. The topological polar surface area (TPSA) is 31.7 Å². The maximum absolute atomic E-state index is 5.36. The van der Waals surface area contributed by atoms with E-state index >= 15 is 0 Å². The van der Waals surface area contributed by atoms with E-state index in [0.29, 0.717) is 12.1 Å². The normalized spacial score (nSPS) is 29.5. The minimum Gasteiger partial charge on any atom is -0.468 e. The summed E-state index contributed by atoms with van der Waals surface area (Å²) in [6, 6.07) is 6.03. The molecule has 0 spiro atoms. The number of rotatable bonds is 5. The van der Waals surface area contributed by atoms with Crippen LogP contribution in [0.15, 0.2) is 22.8 Å². The van der Waals surface area contributed by atoms with Gasteiger partial charge in [0, 0.05) is 37.8 Å². The van der Waals surface area contributed by atoms with Crippen molar-refractivity contribution in [3.63, 3.8) is 0 Å². The third kappa shape index (κ3) is 3.08. The molecule has 0 aromatic carbocycles. The second-order valence-electron chi connectivity index (χ2n) is 6.40. The molecule has 0 amide bonds. The molecular formula is C16H27N3O. The van der Waals surface area contributed by atoms with Gasteiger partial charge in [0.1, 0.15) is 5.76 Å². The molecule has 2 saturated heterocycles. The van der Waals surface area contributed by atoms with Gasteiger partial charge in [0.15, 0.2) is 0 Å². The summed E-state index contributed by atoms with van der Waals surface area (Å²) in [5.74, 6) is 1.02. The van der Waals surface area contributed by atoms with E-state index in [1.807, 2.05) is 12.1 Å². The molecular weight excluding hydrogens is 250 g/mol. The Morgan fingerprint density at radius 3 is 3.15 bits per heavy atom. The molecule has 112 valence electrons. The van der Waals surface area contributed by atoms with Gasteiger partial charge in [0.2, 0.25) is 0 Å². The molecule has 0 aliphatic carbocycles. The number of hydrogen-bond donors (Lipinski definition) is 1. The van der Waals surface area contributed by atoms with Crippen LogP contribution in [0.4, 0.5) is 0 Å². The van der Waals surface area contributed by atoms with E-state index in [-0.39, 0.29) is 0 Å². The molecule has 2 fully saturated rings. The van der Waals surface area contributed by atoms with Crippen LogP contribution in [0.5, 0.6) is 0 Å². The Hall–Kier alpha value is -0.840. The predicted octanol–water partition coefficient (Wildman–Crippen LogP) is 1.93. The first-order valence-electron chi connectivity index (χ1n) is 7.97. The molecule has 1 aromatic rings. The van der Waals surface area contributed by atoms with Crippen molar-refractivity contribution in [3.8, 4) is 0 Å². The first-order valence-corrected chi connectivity index (χ1v) is 7.97. The minimum absolute atomic E-state index is 0.586. The van der Waals surface area contributed by atoms with E-state index in [4.69, 9.17) is 4.42 Å². The highest BCUT2D eigenvalue weighted by atomic mass is 16.3. The maximum atomic E-state index is 5.36. The number of piperazine rings is 1. The van der Waals surface area contributed by atoms with Crippen LogP contribution in [0.2, 0.25) is 0 Å². The highest BCUT2D eigenvalue weighted by molar-refractivity contribution is 4.98. The fourth-order valence-corrected chi connectivity index (χ4v) is 3.76. The maximum Gasteiger partial charge on any atom is 0.117 e. The molecule has 3 rings (SSSR count). The second-order valence-corrected chi connectivity index (χ2v) is 6.40. The molecule has 2 aliphatic rings. The summed E-state index contributed by atoms with van der Waals surface area (Å²) in [4.78, 5) is 5.37. The van der Waals surface area contributed by atoms with Crippen molar-refractivity contribution in [2.45, 2.75) is 51.4 Å². The van der Waals surface area contributed by atoms with Gasteiger partial charge >= 0.3 is 0 Å². The van der Waals surface area contributed by atoms with E-state index in [1.165, 1.54) is 32.5 Å². The molecule has 4 nitrogen and oxygen atoms in total. The zero-order chi connectivity index (χ0) is 13.9. The van der Waals surface area contributed by atoms with Gasteiger partial charge in [0.25, 0.3) is 0 Å². The number of hydrogen-bond acceptors (Lipinski definition) is 4. The molecule has 0 radical (unpaired) electrons. The van der Waals surface area contributed by atoms with Crippen molar-refractivity contribution in [2.24, 2.45) is 0 Å². The second kappa shape index (κ2) is 6.29. The Kier molecular flexibility index (Phi) is 4.44. The van der Waals surface area contributed by atoms with Gasteiger partial charge in [-0.2, -0.15) is 0 Å². The van der Waals surface area contributed by atoms with Crippen LogP contribution in [-0.2, 0) is 6.54 Å². The predicted molar refractivity (Wildman–Crippen MR) is 80.6 cm³/mol. The lowest BCUT2D eigenvalue weighted by molar-refractivity contribution is 0.0330. The molecule has 0 bridgehead atoms. The van der Waals surface area contributed by atoms with Crippen LogP contribution in [-0.4, -0.2) is 54.1 Å². The lowest BCUT2D eigenvalue weighted by Crippen LogP contribution is -2.58. The zero-order valence-corrected chi connectivity index (χ0v) is 12.7. The Balaban J connectivity index is 1.47. The van der Waals surface area contributed by atoms with Gasteiger partial charge in [-0.1, -0.05) is 0 Å². The number of nitrogens with zero attached hydrogens (tertiary/aromatic N) is 2. The number of furan rings is 1. The molecule has 2 aliphatic heterocycles. The summed E-state index contributed by atoms with van der Waals surface area (Å²) in [6.07, 6.45) is 4.51. The number of fused-ring (bicyclic) bond motifs is 1. The summed E-state index contributed by atoms with van der Waals surface area (Å²) in [5, 5.41) is 3.52. The van der Waals surface area contributed by atoms with Gasteiger partial charge in [-0.25, -0.2) is 0 Å². The third-order valence-electron chi connectivity index (χ3n) is 4.87. The van der Waals surface area contributed by atoms with Crippen molar-refractivity contribution in [3.05, 3.63) is 24.2 Å². The van der Waals surface area contributed by atoms with Crippen molar-refractivity contribution in [2.75, 3.05) is 26.2 Å². The summed E-state index contributed by atoms with van der Waals surface area (Å²) < 4.78 is 5.36. The van der Waals surface area contributed by atoms with Crippen LogP contribution in [0.1, 0.15) is 32.4 Å². The zero-order valence-electron chi connectivity index (χ0n) is 12.7. The average molecular weight is 277 g/mol. The van der Waals surface area contributed by atoms with Gasteiger partial charge in [-0.3, -0.25) is 9.80 Å². The van der Waals surface area contributed by atoms with Gasteiger partial charge in [0.05, 0.1) is 12.8 Å². The average Bonchev–Trinajstić information content (AvgIpc) is 3.08. The van der Waals surface area contributed by atoms with E-state index in [1.54, 1.807) is 6.26 Å². The van der Waals surface area contributed by atoms with E-state index in [0.717, 1.165) is 24.9 Å². The van der Waals surface area contributed by atoms with Gasteiger partial charge in [-0.15, -0.1) is 0 Å². The lowest BCUT2D eigenvalue weighted by atomic mass is 10.1. The van der Waals surface area contributed by atoms with Crippen LogP contribution < -0.4 is 5.32 Å². The fourth-order valence-electron chi connectivity index (χ4n) is 3.76. The Morgan fingerprint density at radius 2 is 2.35 bits per heavy atom. The van der Waals surface area contributed by atoms with Crippen LogP contribution in [0, 0.1) is 0 Å². The monoisotopic (exact) mass is 277 g/mol. The molecule has 3 unspecified atom stereocenters. The molecule has 0 saturated carbocycles. The molecule has 1 N–H and O–H groups in total. The van der Waals surface area contributed by atoms with Crippen molar-refractivity contribution in [1.82, 2.24) is 15.1 Å². The summed E-state index contributed by atoms with van der Waals surface area (Å²) in [6.45, 7) is 10.4. The summed E-state index contributed by atoms with van der Waals surface area (Å²) in [5.41, 5.74) is 0.